The molecule has 0 atom stereocenters. The lowest BCUT2D eigenvalue weighted by Gasteiger charge is -2.02. The fraction of sp³-hybridized carbons (Fsp3) is 0.111. The second kappa shape index (κ2) is 4.92. The molecule has 1 rings (SSSR count). The van der Waals surface area contributed by atoms with Gasteiger partial charge in [-0.1, -0.05) is 18.2 Å². The molecule has 0 bridgehead atoms. The zero-order valence-corrected chi connectivity index (χ0v) is 6.90. The highest BCUT2D eigenvalue weighted by Crippen LogP contribution is 1.96. The third-order valence-electron chi connectivity index (χ3n) is 1.42. The van der Waals surface area contributed by atoms with E-state index in [0.29, 0.717) is 5.56 Å². The van der Waals surface area contributed by atoms with Gasteiger partial charge in [0.25, 0.3) is 12.4 Å². The number of nitrogens with one attached hydrogen (secondary N) is 1. The molecular weight excluding hydrogens is 170 g/mol. The third kappa shape index (κ3) is 2.94. The van der Waals surface area contributed by atoms with E-state index < -0.39 is 0 Å². The van der Waals surface area contributed by atoms with Gasteiger partial charge in [0.1, 0.15) is 0 Å². The van der Waals surface area contributed by atoms with Crippen LogP contribution in [-0.2, 0) is 9.53 Å². The van der Waals surface area contributed by atoms with E-state index in [0.717, 1.165) is 0 Å². The average molecular weight is 179 g/mol. The van der Waals surface area contributed by atoms with Crippen LogP contribution in [-0.4, -0.2) is 19.1 Å². The standard InChI is InChI=1S/C9H9NO3/c11-7-13-6-10-9(12)8-4-2-1-3-5-8/h1-5,7H,6H2,(H,10,12). The van der Waals surface area contributed by atoms with Gasteiger partial charge in [-0.2, -0.15) is 0 Å². The summed E-state index contributed by atoms with van der Waals surface area (Å²) in [5.74, 6) is -0.262. The van der Waals surface area contributed by atoms with Crippen molar-refractivity contribution in [2.45, 2.75) is 0 Å². The summed E-state index contributed by atoms with van der Waals surface area (Å²) in [7, 11) is 0. The lowest BCUT2D eigenvalue weighted by atomic mass is 10.2. The van der Waals surface area contributed by atoms with E-state index in [9.17, 15) is 9.59 Å². The smallest absolute Gasteiger partial charge is 0.294 e. The highest BCUT2D eigenvalue weighted by Gasteiger charge is 2.01. The summed E-state index contributed by atoms with van der Waals surface area (Å²) >= 11 is 0. The van der Waals surface area contributed by atoms with Crippen LogP contribution in [0.4, 0.5) is 0 Å². The van der Waals surface area contributed by atoms with E-state index in [1.54, 1.807) is 24.3 Å². The SMILES string of the molecule is O=COCNC(=O)c1ccccc1. The van der Waals surface area contributed by atoms with E-state index >= 15 is 0 Å². The molecule has 0 radical (unpaired) electrons. The summed E-state index contributed by atoms with van der Waals surface area (Å²) in [6.45, 7) is 0.183. The average Bonchev–Trinajstić information content (AvgIpc) is 2.19. The zero-order chi connectivity index (χ0) is 9.52. The van der Waals surface area contributed by atoms with Gasteiger partial charge in [-0.15, -0.1) is 0 Å². The molecule has 4 nitrogen and oxygen atoms in total. The van der Waals surface area contributed by atoms with Crippen LogP contribution < -0.4 is 5.32 Å². The molecule has 0 fully saturated rings. The van der Waals surface area contributed by atoms with Crippen LogP contribution in [0.1, 0.15) is 10.4 Å². The van der Waals surface area contributed by atoms with E-state index in [1.165, 1.54) is 0 Å². The summed E-state index contributed by atoms with van der Waals surface area (Å²) in [6.07, 6.45) is 0. The van der Waals surface area contributed by atoms with Crippen molar-refractivity contribution in [2.75, 3.05) is 6.73 Å². The molecule has 0 heterocycles. The van der Waals surface area contributed by atoms with Gasteiger partial charge in [0.2, 0.25) is 0 Å². The highest BCUT2D eigenvalue weighted by atomic mass is 16.5. The normalized spacial score (nSPS) is 8.92. The van der Waals surface area contributed by atoms with Crippen molar-refractivity contribution in [3.63, 3.8) is 0 Å². The Morgan fingerprint density at radius 1 is 1.38 bits per heavy atom. The maximum Gasteiger partial charge on any atom is 0.294 e. The van der Waals surface area contributed by atoms with Gasteiger partial charge in [-0.05, 0) is 12.1 Å². The van der Waals surface area contributed by atoms with E-state index in [4.69, 9.17) is 0 Å². The van der Waals surface area contributed by atoms with Crippen molar-refractivity contribution < 1.29 is 14.3 Å². The number of carbonyl (C=O) groups is 2. The molecule has 13 heavy (non-hydrogen) atoms. The number of rotatable bonds is 4. The maximum atomic E-state index is 11.2. The number of hydrogen-bond donors (Lipinski definition) is 1. The van der Waals surface area contributed by atoms with Crippen LogP contribution in [0.2, 0.25) is 0 Å². The van der Waals surface area contributed by atoms with Gasteiger partial charge >= 0.3 is 0 Å². The highest BCUT2D eigenvalue weighted by molar-refractivity contribution is 5.93. The quantitative estimate of drug-likeness (QED) is 0.417. The van der Waals surface area contributed by atoms with Crippen molar-refractivity contribution in [2.24, 2.45) is 0 Å². The molecule has 0 saturated carbocycles. The molecule has 0 unspecified atom stereocenters. The fourth-order valence-corrected chi connectivity index (χ4v) is 0.833. The molecule has 0 aromatic heterocycles. The summed E-state index contributed by atoms with van der Waals surface area (Å²) in [5.41, 5.74) is 0.539. The first kappa shape index (κ1) is 9.25. The van der Waals surface area contributed by atoms with Crippen LogP contribution in [0.5, 0.6) is 0 Å². The van der Waals surface area contributed by atoms with Crippen molar-refractivity contribution in [1.82, 2.24) is 5.32 Å². The molecule has 0 aliphatic carbocycles. The van der Waals surface area contributed by atoms with Gasteiger partial charge in [0.15, 0.2) is 6.73 Å². The second-order valence-corrected chi connectivity index (χ2v) is 2.28. The molecular formula is C9H9NO3. The molecule has 1 aromatic rings. The first-order valence-corrected chi connectivity index (χ1v) is 3.73. The topological polar surface area (TPSA) is 55.4 Å². The predicted octanol–water partition coefficient (Wildman–Crippen LogP) is 0.547. The molecule has 1 amide bonds. The molecule has 1 aromatic carbocycles. The summed E-state index contributed by atoms with van der Waals surface area (Å²) in [6, 6.07) is 8.69. The van der Waals surface area contributed by atoms with Gasteiger partial charge in [-0.3, -0.25) is 9.59 Å². The first-order chi connectivity index (χ1) is 6.34. The summed E-state index contributed by atoms with van der Waals surface area (Å²) in [5, 5.41) is 2.41. The predicted molar refractivity (Wildman–Crippen MR) is 45.9 cm³/mol. The molecule has 1 N–H and O–H groups in total. The Labute approximate surface area is 75.5 Å². The molecule has 0 aliphatic rings. The first-order valence-electron chi connectivity index (χ1n) is 3.73. The van der Waals surface area contributed by atoms with Gasteiger partial charge in [0, 0.05) is 5.56 Å². The van der Waals surface area contributed by atoms with Crippen molar-refractivity contribution >= 4 is 12.4 Å². The number of benzene rings is 1. The van der Waals surface area contributed by atoms with Crippen LogP contribution >= 0.6 is 0 Å². The molecule has 0 saturated heterocycles. The molecule has 0 aliphatic heterocycles. The van der Waals surface area contributed by atoms with Crippen LogP contribution in [0.25, 0.3) is 0 Å². The number of ether oxygens (including phenoxy) is 1. The second-order valence-electron chi connectivity index (χ2n) is 2.28. The summed E-state index contributed by atoms with van der Waals surface area (Å²) in [4.78, 5) is 21.0. The van der Waals surface area contributed by atoms with E-state index in [2.05, 4.69) is 10.1 Å². The molecule has 68 valence electrons. The van der Waals surface area contributed by atoms with Crippen LogP contribution in [0, 0.1) is 0 Å². The largest absolute Gasteiger partial charge is 0.447 e. The Balaban J connectivity index is 2.45. The summed E-state index contributed by atoms with van der Waals surface area (Å²) < 4.78 is 4.31. The Morgan fingerprint density at radius 3 is 2.69 bits per heavy atom. The maximum absolute atomic E-state index is 11.2. The van der Waals surface area contributed by atoms with Gasteiger partial charge in [-0.25, -0.2) is 0 Å². The Bertz CT molecular complexity index is 284. The van der Waals surface area contributed by atoms with Crippen LogP contribution in [0.3, 0.4) is 0 Å². The third-order valence-corrected chi connectivity index (χ3v) is 1.42. The number of carbonyl (C=O) groups excluding carboxylic acids is 2. The molecule has 0 spiro atoms. The lowest BCUT2D eigenvalue weighted by Crippen LogP contribution is -2.25. The monoisotopic (exact) mass is 179 g/mol. The Morgan fingerprint density at radius 2 is 2.08 bits per heavy atom. The van der Waals surface area contributed by atoms with Crippen molar-refractivity contribution in [3.05, 3.63) is 35.9 Å². The van der Waals surface area contributed by atoms with Crippen molar-refractivity contribution in [1.29, 1.82) is 0 Å². The minimum absolute atomic E-state index is 0.1000. The van der Waals surface area contributed by atoms with Gasteiger partial charge in [0.05, 0.1) is 0 Å². The van der Waals surface area contributed by atoms with Gasteiger partial charge < -0.3 is 10.1 Å². The number of amides is 1. The number of hydrogen-bond acceptors (Lipinski definition) is 3. The zero-order valence-electron chi connectivity index (χ0n) is 6.90. The van der Waals surface area contributed by atoms with Crippen molar-refractivity contribution in [3.8, 4) is 0 Å². The fourth-order valence-electron chi connectivity index (χ4n) is 0.833. The Hall–Kier alpha value is -1.84. The van der Waals surface area contributed by atoms with Crippen LogP contribution in [0.15, 0.2) is 30.3 Å². The minimum Gasteiger partial charge on any atom is -0.447 e. The Kier molecular flexibility index (Phi) is 3.50. The van der Waals surface area contributed by atoms with E-state index in [1.807, 2.05) is 6.07 Å². The van der Waals surface area contributed by atoms with E-state index in [-0.39, 0.29) is 19.1 Å². The molecule has 4 heteroatoms. The lowest BCUT2D eigenvalue weighted by molar-refractivity contribution is -0.129. The minimum atomic E-state index is -0.262.